The van der Waals surface area contributed by atoms with Gasteiger partial charge in [-0.2, -0.15) is 0 Å². The number of pyridine rings is 1. The number of nitrogens with two attached hydrogens (primary N) is 1. The van der Waals surface area contributed by atoms with Crippen LogP contribution in [0.25, 0.3) is 16.6 Å². The summed E-state index contributed by atoms with van der Waals surface area (Å²) in [5.74, 6) is -0.483. The minimum atomic E-state index is -3.09. The molecule has 6 aromatic rings. The predicted molar refractivity (Wildman–Crippen MR) is 235 cm³/mol. The summed E-state index contributed by atoms with van der Waals surface area (Å²) in [7, 11) is -3.09. The molecule has 0 spiro atoms. The average Bonchev–Trinajstić information content (AvgIpc) is 3.59. The Labute approximate surface area is 362 Å². The van der Waals surface area contributed by atoms with Crippen LogP contribution in [-0.2, 0) is 20.0 Å². The smallest absolute Gasteiger partial charge is 0.402 e. The number of H-pyrrole nitrogens is 1. The minimum Gasteiger partial charge on any atom is -0.402 e. The van der Waals surface area contributed by atoms with Crippen LogP contribution in [0.4, 0.5) is 10.1 Å². The van der Waals surface area contributed by atoms with E-state index in [2.05, 4.69) is 27.3 Å². The molecule has 1 saturated carbocycles. The SMILES string of the molecule is CC[S@@](=N)(=O)c1ccc(-n2ccn(C(=Nc3cc(C)c(F)c(C)c3)C3=C(N)CCN(C(=O)c4cc5cc(C6CCOCC6)ccc5n4[C@@]4(c5noc(=O)[nH]5)C[C@@H]4C)[C@H]3C)c2=O)cn1. The van der Waals surface area contributed by atoms with Gasteiger partial charge >= 0.3 is 11.4 Å². The highest BCUT2D eigenvalue weighted by Gasteiger charge is 2.59. The van der Waals surface area contributed by atoms with Gasteiger partial charge in [-0.25, -0.2) is 32.9 Å². The zero-order valence-corrected chi connectivity index (χ0v) is 36.5. The third kappa shape index (κ3) is 7.14. The summed E-state index contributed by atoms with van der Waals surface area (Å²) in [5, 5.41) is 5.12. The molecule has 1 saturated heterocycles. The van der Waals surface area contributed by atoms with E-state index in [0.717, 1.165) is 29.3 Å². The number of carbonyl (C=O) groups is 1. The van der Waals surface area contributed by atoms with Crippen LogP contribution >= 0.6 is 0 Å². The first-order valence-corrected chi connectivity index (χ1v) is 22.8. The summed E-state index contributed by atoms with van der Waals surface area (Å²) >= 11 is 0. The molecule has 3 aliphatic rings. The number of aromatic amines is 1. The molecule has 1 amide bonds. The lowest BCUT2D eigenvalue weighted by atomic mass is 9.91. The van der Waals surface area contributed by atoms with Crippen LogP contribution in [0.2, 0.25) is 0 Å². The van der Waals surface area contributed by atoms with Gasteiger partial charge in [-0.05, 0) is 111 Å². The Kier molecular flexibility index (Phi) is 10.5. The molecule has 4 N–H and O–H groups in total. The number of rotatable bonds is 9. The zero-order valence-electron chi connectivity index (χ0n) is 35.7. The summed E-state index contributed by atoms with van der Waals surface area (Å²) in [5.41, 5.74) is 10.2. The van der Waals surface area contributed by atoms with Crippen molar-refractivity contribution in [2.24, 2.45) is 16.6 Å². The average molecular weight is 877 g/mol. The highest BCUT2D eigenvalue weighted by molar-refractivity contribution is 7.92. The van der Waals surface area contributed by atoms with Crippen molar-refractivity contribution in [3.05, 3.63) is 133 Å². The highest BCUT2D eigenvalue weighted by atomic mass is 32.2. The van der Waals surface area contributed by atoms with Crippen molar-refractivity contribution in [1.82, 2.24) is 33.7 Å². The van der Waals surface area contributed by atoms with Crippen molar-refractivity contribution in [3.63, 3.8) is 0 Å². The second-order valence-electron chi connectivity index (χ2n) is 16.9. The summed E-state index contributed by atoms with van der Waals surface area (Å²) in [6, 6.07) is 13.7. The van der Waals surface area contributed by atoms with Gasteiger partial charge in [-0.1, -0.05) is 25.1 Å². The number of halogens is 1. The van der Waals surface area contributed by atoms with E-state index in [-0.39, 0.29) is 47.2 Å². The number of imidazole rings is 1. The van der Waals surface area contributed by atoms with E-state index < -0.39 is 32.8 Å². The topological polar surface area (TPSA) is 212 Å². The van der Waals surface area contributed by atoms with E-state index in [1.54, 1.807) is 43.9 Å². The molecular weight excluding hydrogens is 828 g/mol. The number of aryl methyl sites for hydroxylation is 2. The Morgan fingerprint density at radius 3 is 2.44 bits per heavy atom. The molecule has 0 radical (unpaired) electrons. The molecule has 328 valence electrons. The number of aromatic nitrogens is 6. The second-order valence-corrected chi connectivity index (χ2v) is 19.2. The zero-order chi connectivity index (χ0) is 44.5. The number of fused-ring (bicyclic) bond motifs is 1. The van der Waals surface area contributed by atoms with Crippen LogP contribution in [0, 0.1) is 30.4 Å². The number of benzene rings is 2. The number of aliphatic imine (C=N–C) groups is 1. The first kappa shape index (κ1) is 41.9. The maximum absolute atomic E-state index is 15.4. The molecule has 1 aliphatic carbocycles. The number of ether oxygens (including phenoxy) is 1. The standard InChI is InChI=1S/C45H49FN10O6S/c1-6-63(48,60)37-10-8-33(24-49-37)54-15-16-55(44(54)59)40(50-32-19-25(2)39(46)26(3)20-32)38-28(5)53(14-11-34(38)47)41(57)36-22-31-21-30(29-12-17-61-18-13-29)7-9-35(31)56(36)45(23-27(45)4)42-51-43(58)62-52-42/h7-10,15-16,19-22,24,27-29,48H,6,11-14,17-18,23,47H2,1-5H3,(H,51,52,58)/t27-,28-,45-,63+/m0/s1. The largest absolute Gasteiger partial charge is 0.438 e. The van der Waals surface area contributed by atoms with Gasteiger partial charge < -0.3 is 19.9 Å². The summed E-state index contributed by atoms with van der Waals surface area (Å²) in [6.45, 7) is 10.4. The molecule has 16 nitrogen and oxygen atoms in total. The van der Waals surface area contributed by atoms with Crippen LogP contribution in [0.15, 0.2) is 103 Å². The quantitative estimate of drug-likeness (QED) is 0.111. The molecule has 0 unspecified atom stereocenters. The van der Waals surface area contributed by atoms with E-state index in [1.165, 1.54) is 33.8 Å². The summed E-state index contributed by atoms with van der Waals surface area (Å²) < 4.78 is 51.1. The van der Waals surface area contributed by atoms with E-state index in [4.69, 9.17) is 24.8 Å². The van der Waals surface area contributed by atoms with Gasteiger partial charge in [0.2, 0.25) is 0 Å². The normalized spacial score (nSPS) is 21.9. The van der Waals surface area contributed by atoms with Crippen molar-refractivity contribution < 1.29 is 22.7 Å². The minimum absolute atomic E-state index is 0.00756. The molecule has 2 aromatic carbocycles. The third-order valence-electron chi connectivity index (χ3n) is 13.0. The van der Waals surface area contributed by atoms with Crippen molar-refractivity contribution >= 4 is 38.1 Å². The number of nitrogens with one attached hydrogen (secondary N) is 2. The van der Waals surface area contributed by atoms with Crippen LogP contribution < -0.4 is 17.2 Å². The van der Waals surface area contributed by atoms with E-state index in [9.17, 15) is 18.2 Å². The fourth-order valence-electron chi connectivity index (χ4n) is 9.37. The van der Waals surface area contributed by atoms with Crippen molar-refractivity contribution in [2.75, 3.05) is 25.5 Å². The number of nitrogens with zero attached hydrogens (tertiary/aromatic N) is 7. The number of hydrogen-bond donors (Lipinski definition) is 3. The van der Waals surface area contributed by atoms with Crippen LogP contribution in [-0.4, -0.2) is 81.2 Å². The van der Waals surface area contributed by atoms with Crippen LogP contribution in [0.5, 0.6) is 0 Å². The molecule has 4 atom stereocenters. The molecule has 18 heteroatoms. The first-order valence-electron chi connectivity index (χ1n) is 21.1. The van der Waals surface area contributed by atoms with Gasteiger partial charge in [0.1, 0.15) is 27.9 Å². The van der Waals surface area contributed by atoms with Gasteiger partial charge in [-0.15, -0.1) is 0 Å². The number of hydrogen-bond acceptors (Lipinski definition) is 11. The maximum atomic E-state index is 15.4. The monoisotopic (exact) mass is 876 g/mol. The molecule has 9 rings (SSSR count). The van der Waals surface area contributed by atoms with Crippen molar-refractivity contribution in [1.29, 1.82) is 4.78 Å². The lowest BCUT2D eigenvalue weighted by Gasteiger charge is -2.37. The van der Waals surface area contributed by atoms with Crippen LogP contribution in [0.3, 0.4) is 0 Å². The van der Waals surface area contributed by atoms with E-state index in [0.29, 0.717) is 70.8 Å². The Morgan fingerprint density at radius 2 is 1.81 bits per heavy atom. The molecular formula is C45H49FN10O6S. The Morgan fingerprint density at radius 1 is 1.08 bits per heavy atom. The van der Waals surface area contributed by atoms with Gasteiger partial charge in [0.15, 0.2) is 5.82 Å². The molecule has 6 heterocycles. The second kappa shape index (κ2) is 15.7. The molecule has 4 aromatic heterocycles. The maximum Gasteiger partial charge on any atom is 0.438 e. The number of carbonyl (C=O) groups excluding carboxylic acids is 1. The lowest BCUT2D eigenvalue weighted by Crippen LogP contribution is -2.49. The summed E-state index contributed by atoms with van der Waals surface area (Å²) in [6.07, 6.45) is 7.11. The molecule has 2 aliphatic heterocycles. The third-order valence-corrected chi connectivity index (χ3v) is 14.7. The molecule has 63 heavy (non-hydrogen) atoms. The van der Waals surface area contributed by atoms with Gasteiger partial charge in [-0.3, -0.25) is 23.4 Å². The van der Waals surface area contributed by atoms with Gasteiger partial charge in [0, 0.05) is 66.5 Å². The Bertz CT molecular complexity index is 3070. The van der Waals surface area contributed by atoms with Gasteiger partial charge in [0.05, 0.1) is 33.3 Å². The highest BCUT2D eigenvalue weighted by Crippen LogP contribution is 2.56. The summed E-state index contributed by atoms with van der Waals surface area (Å²) in [4.78, 5) is 56.0. The fraction of sp³-hybridized carbons (Fsp3) is 0.378. The number of amides is 1. The predicted octanol–water partition coefficient (Wildman–Crippen LogP) is 6.25. The van der Waals surface area contributed by atoms with E-state index in [1.807, 2.05) is 30.5 Å². The first-order chi connectivity index (χ1) is 30.1. The Hall–Kier alpha value is -6.40. The lowest BCUT2D eigenvalue weighted by molar-refractivity contribution is 0.0697. The van der Waals surface area contributed by atoms with Crippen molar-refractivity contribution in [3.8, 4) is 5.69 Å². The molecule has 0 bridgehead atoms. The molecule has 2 fully saturated rings. The Balaban J connectivity index is 1.16. The van der Waals surface area contributed by atoms with Gasteiger partial charge in [0.25, 0.3) is 5.91 Å². The van der Waals surface area contributed by atoms with Crippen LogP contribution in [0.1, 0.15) is 85.4 Å². The van der Waals surface area contributed by atoms with E-state index >= 15 is 4.79 Å². The van der Waals surface area contributed by atoms with Crippen molar-refractivity contribution in [2.45, 2.75) is 82.8 Å². The fourth-order valence-corrected chi connectivity index (χ4v) is 10.2.